The topological polar surface area (TPSA) is 96.6 Å². The van der Waals surface area contributed by atoms with Crippen LogP contribution in [0.1, 0.15) is 10.4 Å². The third kappa shape index (κ3) is 2.41. The summed E-state index contributed by atoms with van der Waals surface area (Å²) in [5, 5.41) is 20.3. The highest BCUT2D eigenvalue weighted by Crippen LogP contribution is 2.35. The van der Waals surface area contributed by atoms with Crippen LogP contribution in [-0.2, 0) is 0 Å². The molecule has 0 spiro atoms. The minimum atomic E-state index is -1.22. The van der Waals surface area contributed by atoms with Crippen molar-refractivity contribution in [2.45, 2.75) is 0 Å². The Bertz CT molecular complexity index is 626. The van der Waals surface area contributed by atoms with Gasteiger partial charge < -0.3 is 10.0 Å². The number of aromatic nitrogens is 1. The predicted octanol–water partition coefficient (Wildman–Crippen LogP) is 2.46. The van der Waals surface area contributed by atoms with Gasteiger partial charge >= 0.3 is 5.97 Å². The van der Waals surface area contributed by atoms with E-state index in [1.165, 1.54) is 29.3 Å². The van der Waals surface area contributed by atoms with Crippen molar-refractivity contribution in [3.8, 4) is 0 Å². The Morgan fingerprint density at radius 1 is 1.35 bits per heavy atom. The van der Waals surface area contributed by atoms with Crippen molar-refractivity contribution in [2.75, 3.05) is 11.9 Å². The Hall–Kier alpha value is -2.96. The maximum absolute atomic E-state index is 11.3. The van der Waals surface area contributed by atoms with Gasteiger partial charge in [0.1, 0.15) is 5.69 Å². The van der Waals surface area contributed by atoms with E-state index < -0.39 is 10.9 Å². The highest BCUT2D eigenvalue weighted by Gasteiger charge is 2.25. The molecule has 2 rings (SSSR count). The minimum absolute atomic E-state index is 0.0259. The van der Waals surface area contributed by atoms with Crippen LogP contribution in [0.5, 0.6) is 0 Å². The Kier molecular flexibility index (Phi) is 3.60. The summed E-state index contributed by atoms with van der Waals surface area (Å²) >= 11 is 0. The summed E-state index contributed by atoms with van der Waals surface area (Å²) in [6.07, 6.45) is 3.07. The van der Waals surface area contributed by atoms with Gasteiger partial charge in [-0.1, -0.05) is 6.07 Å². The molecular weight excluding hydrogens is 262 g/mol. The minimum Gasteiger partial charge on any atom is -0.478 e. The lowest BCUT2D eigenvalue weighted by Gasteiger charge is -2.20. The normalized spacial score (nSPS) is 10.1. The van der Waals surface area contributed by atoms with Gasteiger partial charge in [0.2, 0.25) is 0 Å². The van der Waals surface area contributed by atoms with E-state index in [1.807, 2.05) is 0 Å². The molecule has 1 heterocycles. The van der Waals surface area contributed by atoms with Crippen molar-refractivity contribution >= 4 is 23.0 Å². The fraction of sp³-hybridized carbons (Fsp3) is 0.0769. The number of rotatable bonds is 4. The molecule has 20 heavy (non-hydrogen) atoms. The van der Waals surface area contributed by atoms with Crippen LogP contribution in [0.2, 0.25) is 0 Å². The number of nitro groups is 1. The summed E-state index contributed by atoms with van der Waals surface area (Å²) < 4.78 is 0. The summed E-state index contributed by atoms with van der Waals surface area (Å²) in [5.74, 6) is -1.22. The number of hydrogen-bond acceptors (Lipinski definition) is 5. The van der Waals surface area contributed by atoms with Crippen molar-refractivity contribution in [1.82, 2.24) is 4.98 Å². The molecule has 0 aliphatic heterocycles. The molecule has 102 valence electrons. The van der Waals surface area contributed by atoms with Gasteiger partial charge in [0.25, 0.3) is 5.69 Å². The number of anilines is 2. The number of para-hydroxylation sites is 1. The molecule has 2 aromatic rings. The van der Waals surface area contributed by atoms with Crippen LogP contribution in [0.4, 0.5) is 17.1 Å². The van der Waals surface area contributed by atoms with Gasteiger partial charge in [-0.3, -0.25) is 15.1 Å². The first-order valence-electron chi connectivity index (χ1n) is 5.67. The second kappa shape index (κ2) is 5.35. The van der Waals surface area contributed by atoms with Crippen LogP contribution >= 0.6 is 0 Å². The van der Waals surface area contributed by atoms with Gasteiger partial charge in [-0.2, -0.15) is 0 Å². The molecular formula is C13H11N3O4. The fourth-order valence-corrected chi connectivity index (χ4v) is 1.88. The smallest absolute Gasteiger partial charge is 0.338 e. The quantitative estimate of drug-likeness (QED) is 0.678. The molecule has 0 aliphatic carbocycles. The largest absolute Gasteiger partial charge is 0.478 e. The number of benzene rings is 1. The average Bonchev–Trinajstić information content (AvgIpc) is 2.46. The molecule has 0 saturated heterocycles. The van der Waals surface area contributed by atoms with Crippen molar-refractivity contribution in [3.63, 3.8) is 0 Å². The van der Waals surface area contributed by atoms with Crippen molar-refractivity contribution in [2.24, 2.45) is 0 Å². The Morgan fingerprint density at radius 3 is 2.65 bits per heavy atom. The number of carboxylic acids is 1. The first-order chi connectivity index (χ1) is 9.52. The zero-order valence-electron chi connectivity index (χ0n) is 10.6. The number of nitrogens with zero attached hydrogens (tertiary/aromatic N) is 3. The van der Waals surface area contributed by atoms with E-state index in [0.29, 0.717) is 5.69 Å². The summed E-state index contributed by atoms with van der Waals surface area (Å²) in [4.78, 5) is 27.1. The van der Waals surface area contributed by atoms with Crippen molar-refractivity contribution in [1.29, 1.82) is 0 Å². The van der Waals surface area contributed by atoms with Gasteiger partial charge in [-0.15, -0.1) is 0 Å². The van der Waals surface area contributed by atoms with Gasteiger partial charge in [0, 0.05) is 19.3 Å². The number of carboxylic acid groups (broad SMARTS) is 1. The maximum Gasteiger partial charge on any atom is 0.338 e. The molecule has 0 amide bonds. The SMILES string of the molecule is CN(c1cccnc1)c1c(C(=O)O)cccc1[N+](=O)[O-]. The number of hydrogen-bond donors (Lipinski definition) is 1. The number of carbonyl (C=O) groups is 1. The first kappa shape index (κ1) is 13.5. The Balaban J connectivity index is 2.64. The van der Waals surface area contributed by atoms with Crippen LogP contribution in [0.25, 0.3) is 0 Å². The summed E-state index contributed by atoms with van der Waals surface area (Å²) in [5.41, 5.74) is 0.184. The van der Waals surface area contributed by atoms with Crippen LogP contribution in [-0.4, -0.2) is 28.0 Å². The molecule has 1 aromatic carbocycles. The molecule has 0 atom stereocenters. The molecule has 0 fully saturated rings. The van der Waals surface area contributed by atoms with Gasteiger partial charge in [-0.25, -0.2) is 4.79 Å². The molecule has 0 unspecified atom stereocenters. The van der Waals surface area contributed by atoms with E-state index in [-0.39, 0.29) is 16.9 Å². The molecule has 0 aliphatic rings. The standard InChI is InChI=1S/C13H11N3O4/c1-15(9-4-3-7-14-8-9)12-10(13(17)18)5-2-6-11(12)16(19)20/h2-8H,1H3,(H,17,18). The molecule has 1 aromatic heterocycles. The summed E-state index contributed by atoms with van der Waals surface area (Å²) in [7, 11) is 1.56. The number of aromatic carboxylic acids is 1. The van der Waals surface area contributed by atoms with Crippen molar-refractivity contribution < 1.29 is 14.8 Å². The van der Waals surface area contributed by atoms with E-state index in [4.69, 9.17) is 0 Å². The zero-order chi connectivity index (χ0) is 14.7. The Labute approximate surface area is 114 Å². The highest BCUT2D eigenvalue weighted by atomic mass is 16.6. The van der Waals surface area contributed by atoms with E-state index in [0.717, 1.165) is 0 Å². The van der Waals surface area contributed by atoms with Crippen LogP contribution < -0.4 is 4.90 Å². The molecule has 0 radical (unpaired) electrons. The second-order valence-electron chi connectivity index (χ2n) is 4.01. The van der Waals surface area contributed by atoms with Crippen LogP contribution in [0.3, 0.4) is 0 Å². The zero-order valence-corrected chi connectivity index (χ0v) is 10.6. The second-order valence-corrected chi connectivity index (χ2v) is 4.01. The monoisotopic (exact) mass is 273 g/mol. The van der Waals surface area contributed by atoms with Gasteiger partial charge in [0.05, 0.1) is 22.4 Å². The predicted molar refractivity (Wildman–Crippen MR) is 72.4 cm³/mol. The van der Waals surface area contributed by atoms with E-state index >= 15 is 0 Å². The van der Waals surface area contributed by atoms with Crippen LogP contribution in [0, 0.1) is 10.1 Å². The molecule has 7 heteroatoms. The van der Waals surface area contributed by atoms with E-state index in [9.17, 15) is 20.0 Å². The van der Waals surface area contributed by atoms with E-state index in [1.54, 1.807) is 25.4 Å². The molecule has 0 saturated carbocycles. The van der Waals surface area contributed by atoms with E-state index in [2.05, 4.69) is 4.98 Å². The lowest BCUT2D eigenvalue weighted by atomic mass is 10.1. The third-order valence-corrected chi connectivity index (χ3v) is 2.81. The summed E-state index contributed by atoms with van der Waals surface area (Å²) in [6.45, 7) is 0. The number of pyridine rings is 1. The molecule has 0 bridgehead atoms. The van der Waals surface area contributed by atoms with Crippen LogP contribution in [0.15, 0.2) is 42.7 Å². The summed E-state index contributed by atoms with van der Waals surface area (Å²) in [6, 6.07) is 7.31. The Morgan fingerprint density at radius 2 is 2.10 bits per heavy atom. The average molecular weight is 273 g/mol. The van der Waals surface area contributed by atoms with Crippen molar-refractivity contribution in [3.05, 3.63) is 58.4 Å². The fourth-order valence-electron chi connectivity index (χ4n) is 1.88. The number of nitro benzene ring substituents is 1. The highest BCUT2D eigenvalue weighted by molar-refractivity contribution is 5.98. The maximum atomic E-state index is 11.3. The molecule has 1 N–H and O–H groups in total. The lowest BCUT2D eigenvalue weighted by Crippen LogP contribution is -2.16. The van der Waals surface area contributed by atoms with Gasteiger partial charge in [0.15, 0.2) is 0 Å². The first-order valence-corrected chi connectivity index (χ1v) is 5.67. The third-order valence-electron chi connectivity index (χ3n) is 2.81. The lowest BCUT2D eigenvalue weighted by molar-refractivity contribution is -0.384. The molecule has 7 nitrogen and oxygen atoms in total. The van der Waals surface area contributed by atoms with Gasteiger partial charge in [-0.05, 0) is 18.2 Å².